The van der Waals surface area contributed by atoms with Crippen LogP contribution in [0.4, 0.5) is 15.8 Å². The highest BCUT2D eigenvalue weighted by Gasteiger charge is 2.44. The van der Waals surface area contributed by atoms with Gasteiger partial charge in [0.25, 0.3) is 0 Å². The zero-order valence-corrected chi connectivity index (χ0v) is 53.7. The molecule has 0 amide bonds. The molecule has 19 rings (SSSR count). The van der Waals surface area contributed by atoms with Crippen molar-refractivity contribution in [3.63, 3.8) is 0 Å². The molecule has 3 N–H and O–H groups in total. The van der Waals surface area contributed by atoms with E-state index in [1.807, 2.05) is 65.7 Å². The van der Waals surface area contributed by atoms with Gasteiger partial charge in [-0.25, -0.2) is 9.37 Å². The number of nitrogens with zero attached hydrogens (tertiary/aromatic N) is 16. The summed E-state index contributed by atoms with van der Waals surface area (Å²) in [6.07, 6.45) is 17.4. The molecular formula is C77H71FN18. The molecule has 7 aliphatic rings. The summed E-state index contributed by atoms with van der Waals surface area (Å²) in [7, 11) is 0. The number of halogens is 1. The predicted molar refractivity (Wildman–Crippen MR) is 369 cm³/mol. The first-order valence-corrected chi connectivity index (χ1v) is 33.4. The number of imidazole rings is 1. The average Bonchev–Trinajstić information content (AvgIpc) is 1.66. The molecule has 12 aromatic rings. The van der Waals surface area contributed by atoms with Crippen LogP contribution in [0.15, 0.2) is 177 Å². The number of anilines is 2. The minimum Gasteiger partial charge on any atom is -0.371 e. The summed E-state index contributed by atoms with van der Waals surface area (Å²) in [4.78, 5) is 9.82. The summed E-state index contributed by atoms with van der Waals surface area (Å²) in [6, 6.07) is 53.6. The van der Waals surface area contributed by atoms with Crippen molar-refractivity contribution in [2.75, 3.05) is 49.1 Å². The highest BCUT2D eigenvalue weighted by Crippen LogP contribution is 2.43. The Kier molecular flexibility index (Phi) is 14.6. The maximum atomic E-state index is 13.3. The monoisotopic (exact) mass is 1270 g/mol. The third-order valence-electron chi connectivity index (χ3n) is 20.8. The Balaban J connectivity index is 0.000000109. The van der Waals surface area contributed by atoms with Gasteiger partial charge in [0.2, 0.25) is 5.82 Å². The summed E-state index contributed by atoms with van der Waals surface area (Å²) in [6.45, 7) is 13.6. The fraction of sp³-hybridized carbons (Fsp3) is 0.273. The van der Waals surface area contributed by atoms with Gasteiger partial charge in [0.1, 0.15) is 12.1 Å². The Morgan fingerprint density at radius 3 is 1.82 bits per heavy atom. The average molecular weight is 1270 g/mol. The summed E-state index contributed by atoms with van der Waals surface area (Å²) in [5, 5.41) is 43.0. The number of fused-ring (bicyclic) bond motifs is 15. The van der Waals surface area contributed by atoms with Crippen LogP contribution in [0, 0.1) is 52.7 Å². The molecule has 96 heavy (non-hydrogen) atoms. The molecule has 3 saturated heterocycles. The third-order valence-corrected chi connectivity index (χ3v) is 20.8. The number of piperidine rings is 1. The molecule has 6 aliphatic heterocycles. The molecule has 0 radical (unpaired) electrons. The molecular weight excluding hydrogens is 1200 g/mol. The van der Waals surface area contributed by atoms with Crippen LogP contribution in [-0.2, 0) is 26.1 Å². The molecule has 1 saturated carbocycles. The highest BCUT2D eigenvalue weighted by atomic mass is 19.1. The fourth-order valence-electron chi connectivity index (χ4n) is 15.7. The number of benzene rings is 6. The van der Waals surface area contributed by atoms with E-state index in [0.29, 0.717) is 34.3 Å². The van der Waals surface area contributed by atoms with Crippen LogP contribution in [0.1, 0.15) is 78.1 Å². The maximum absolute atomic E-state index is 13.3. The normalized spacial score (nSPS) is 18.0. The number of aromatic nitrogens is 12. The Hall–Kier alpha value is -11.0. The van der Waals surface area contributed by atoms with E-state index >= 15 is 0 Å². The predicted octanol–water partition coefficient (Wildman–Crippen LogP) is 12.8. The molecule has 6 aromatic heterocycles. The first-order valence-electron chi connectivity index (χ1n) is 33.4. The largest absolute Gasteiger partial charge is 0.371 e. The smallest absolute Gasteiger partial charge is 0.203 e. The number of tetrazole rings is 1. The lowest BCUT2D eigenvalue weighted by Gasteiger charge is -2.53. The number of nitriles is 2. The quantitative estimate of drug-likeness (QED) is 0.153. The first kappa shape index (κ1) is 58.8. The lowest BCUT2D eigenvalue weighted by molar-refractivity contribution is 0.157. The van der Waals surface area contributed by atoms with Crippen molar-refractivity contribution in [2.24, 2.45) is 23.0 Å². The van der Waals surface area contributed by atoms with Crippen molar-refractivity contribution in [1.82, 2.24) is 63.5 Å². The van der Waals surface area contributed by atoms with Crippen molar-refractivity contribution in [3.05, 3.63) is 222 Å². The van der Waals surface area contributed by atoms with E-state index in [4.69, 9.17) is 21.2 Å². The maximum Gasteiger partial charge on any atom is 0.203 e. The number of nitrogens with two attached hydrogens (primary N) is 1. The number of aryl methyl sites for hydroxylation is 1. The molecule has 1 atom stereocenters. The van der Waals surface area contributed by atoms with E-state index < -0.39 is 0 Å². The number of hydrogen-bond acceptors (Lipinski definition) is 12. The van der Waals surface area contributed by atoms with Gasteiger partial charge in [-0.3, -0.25) is 9.13 Å². The van der Waals surface area contributed by atoms with Gasteiger partial charge in [0.05, 0.1) is 57.4 Å². The van der Waals surface area contributed by atoms with Crippen molar-refractivity contribution >= 4 is 11.4 Å². The second-order valence-corrected chi connectivity index (χ2v) is 27.5. The van der Waals surface area contributed by atoms with Gasteiger partial charge >= 0.3 is 0 Å². The van der Waals surface area contributed by atoms with E-state index in [1.165, 1.54) is 70.7 Å². The SMILES string of the molecule is Cc1cnc2n1-c1ccc(N3CC[C@@H](C)C3)cc1Cn1cc(-c3ccc(C#N)cc3)cc1-2.N#Cc1ccc(-c2cc3n(c2)Cc2cc(N4CC5(CCCNC5)C4)ccc2-n2cnnc2-3)cc1.NC1CC(Cc2ccc3c(c2)Cn2cc(-c4ccc(F)cc4)cc2-c2nnnn2-3)C1. The van der Waals surface area contributed by atoms with E-state index in [-0.39, 0.29) is 5.82 Å². The van der Waals surface area contributed by atoms with Crippen molar-refractivity contribution in [1.29, 1.82) is 10.5 Å². The van der Waals surface area contributed by atoms with Crippen LogP contribution in [-0.4, -0.2) is 104 Å². The Labute approximate surface area is 555 Å². The summed E-state index contributed by atoms with van der Waals surface area (Å²) in [5.74, 6) is 3.73. The summed E-state index contributed by atoms with van der Waals surface area (Å²) in [5.41, 5.74) is 29.5. The molecule has 12 heterocycles. The minimum absolute atomic E-state index is 0.239. The molecule has 1 spiro atoms. The Bertz CT molecular complexity index is 5020. The molecule has 1 aliphatic carbocycles. The van der Waals surface area contributed by atoms with Gasteiger partial charge in [-0.2, -0.15) is 15.2 Å². The zero-order chi connectivity index (χ0) is 64.8. The molecule has 0 unspecified atom stereocenters. The summed E-state index contributed by atoms with van der Waals surface area (Å²) < 4.78 is 26.3. The van der Waals surface area contributed by atoms with Gasteiger partial charge < -0.3 is 34.6 Å². The van der Waals surface area contributed by atoms with Crippen LogP contribution in [0.2, 0.25) is 0 Å². The second-order valence-electron chi connectivity index (χ2n) is 27.5. The van der Waals surface area contributed by atoms with Gasteiger partial charge in [0.15, 0.2) is 11.6 Å². The van der Waals surface area contributed by atoms with Gasteiger partial charge in [-0.15, -0.1) is 15.3 Å². The van der Waals surface area contributed by atoms with Crippen LogP contribution >= 0.6 is 0 Å². The van der Waals surface area contributed by atoms with Crippen molar-refractivity contribution < 1.29 is 4.39 Å². The van der Waals surface area contributed by atoms with Gasteiger partial charge in [-0.1, -0.05) is 55.5 Å². The van der Waals surface area contributed by atoms with Crippen LogP contribution in [0.25, 0.3) is 85.0 Å². The number of nitrogens with one attached hydrogen (secondary N) is 1. The van der Waals surface area contributed by atoms with Crippen molar-refractivity contribution in [3.8, 4) is 97.1 Å². The Morgan fingerprint density at radius 2 is 1.22 bits per heavy atom. The van der Waals surface area contributed by atoms with E-state index in [2.05, 4.69) is 181 Å². The molecule has 18 nitrogen and oxygen atoms in total. The number of rotatable bonds is 7. The minimum atomic E-state index is -0.239. The highest BCUT2D eigenvalue weighted by molar-refractivity contribution is 5.76. The second kappa shape index (κ2) is 23.8. The number of hydrogen-bond donors (Lipinski definition) is 2. The zero-order valence-electron chi connectivity index (χ0n) is 53.7. The lowest BCUT2D eigenvalue weighted by atomic mass is 9.74. The topological polar surface area (TPSA) is 199 Å². The summed E-state index contributed by atoms with van der Waals surface area (Å²) >= 11 is 0. The molecule has 19 heteroatoms. The standard InChI is InChI=1S/C27H25N7.C27H25N5.C23H21FN6/c28-12-19-2-4-20(5-3-19)21-11-25-26-31-30-18-34(26)24-7-6-23(10-22(24)14-32(25)13-21)33-16-27(17-33)8-1-9-29-15-27;1-18-9-10-30(15-18)24-7-8-25-23(11-24)17-31-16-22(21-5-3-20(13-28)4-6-21)12-26(31)27-29-14-19(2)32(25)27;24-19-4-2-16(3-5-19)17-11-22-23-26-27-28-30(23)21-6-1-14(7-15-9-20(25)10-15)8-18(21)13-29(22)12-17/h2-7,10-11,13,18,29H,1,8-9,14-17H2;3-8,11-12,14,16,18H,9-10,15,17H2,1-2H3;1-6,8,11-12,15,20H,7,9-10,13,25H2/t;18-;/m.1./s1. The van der Waals surface area contributed by atoms with Crippen LogP contribution in [0.3, 0.4) is 0 Å². The lowest BCUT2D eigenvalue weighted by Crippen LogP contribution is -2.62. The Morgan fingerprint density at radius 1 is 0.635 bits per heavy atom. The van der Waals surface area contributed by atoms with E-state index in [1.54, 1.807) is 12.1 Å². The van der Waals surface area contributed by atoms with Crippen LogP contribution < -0.4 is 20.9 Å². The molecule has 0 bridgehead atoms. The van der Waals surface area contributed by atoms with Crippen molar-refractivity contribution in [2.45, 2.75) is 78.0 Å². The molecule has 476 valence electrons. The molecule has 4 fully saturated rings. The molecule has 6 aromatic carbocycles. The fourth-order valence-corrected chi connectivity index (χ4v) is 15.7. The van der Waals surface area contributed by atoms with Crippen LogP contribution in [0.5, 0.6) is 0 Å². The first-order chi connectivity index (χ1) is 46.9. The van der Waals surface area contributed by atoms with E-state index in [9.17, 15) is 4.39 Å². The van der Waals surface area contributed by atoms with E-state index in [0.717, 1.165) is 163 Å². The van der Waals surface area contributed by atoms with Gasteiger partial charge in [-0.05, 0) is 210 Å². The third kappa shape index (κ3) is 10.7. The van der Waals surface area contributed by atoms with Gasteiger partial charge in [0, 0.05) is 122 Å².